The largest absolute Gasteiger partial charge is 0.0622 e. The fraction of sp³-hybridized carbons (Fsp3) is 0.385. The summed E-state index contributed by atoms with van der Waals surface area (Å²) < 4.78 is 1.33. The third-order valence-electron chi connectivity index (χ3n) is 2.79. The zero-order valence-corrected chi connectivity index (χ0v) is 9.89. The Labute approximate surface area is 94.2 Å². The Hall–Kier alpha value is -0.560. The molecule has 0 saturated heterocycles. The van der Waals surface area contributed by atoms with Gasteiger partial charge in [-0.05, 0) is 31.2 Å². The average molecular weight is 251 g/mol. The van der Waals surface area contributed by atoms with E-state index in [1.54, 1.807) is 5.57 Å². The third kappa shape index (κ3) is 2.27. The second-order valence-corrected chi connectivity index (χ2v) is 4.64. The molecule has 2 rings (SSSR count). The molecule has 1 aromatic carbocycles. The minimum atomic E-state index is 1.27. The van der Waals surface area contributed by atoms with Crippen molar-refractivity contribution in [2.75, 3.05) is 0 Å². The van der Waals surface area contributed by atoms with Gasteiger partial charge < -0.3 is 0 Å². The molecule has 0 aromatic heterocycles. The lowest BCUT2D eigenvalue weighted by molar-refractivity contribution is 0.602. The van der Waals surface area contributed by atoms with Crippen molar-refractivity contribution < 1.29 is 0 Å². The van der Waals surface area contributed by atoms with Crippen molar-refractivity contribution in [1.29, 1.82) is 0 Å². The highest BCUT2D eigenvalue weighted by molar-refractivity contribution is 9.15. The normalized spacial score (nSPS) is 16.8. The van der Waals surface area contributed by atoms with Crippen LogP contribution in [-0.2, 0) is 0 Å². The van der Waals surface area contributed by atoms with Gasteiger partial charge in [0.15, 0.2) is 0 Å². The predicted octanol–water partition coefficient (Wildman–Crippen LogP) is 4.76. The molecule has 1 saturated carbocycles. The number of rotatable bonds is 1. The van der Waals surface area contributed by atoms with Gasteiger partial charge in [0.25, 0.3) is 0 Å². The molecular formula is C13H15Br. The van der Waals surface area contributed by atoms with Crippen molar-refractivity contribution >= 4 is 20.4 Å². The lowest BCUT2D eigenvalue weighted by atomic mass is 9.93. The van der Waals surface area contributed by atoms with Gasteiger partial charge in [0, 0.05) is 4.48 Å². The number of halogens is 1. The molecule has 74 valence electrons. The second kappa shape index (κ2) is 4.79. The highest BCUT2D eigenvalue weighted by atomic mass is 79.9. The molecular weight excluding hydrogens is 236 g/mol. The standard InChI is InChI=1S/C13H15Br/c14-13(11-7-3-1-4-8-11)12-9-5-2-6-10-12/h1,3-4,7-8H,2,5-6,9-10H2. The van der Waals surface area contributed by atoms with Gasteiger partial charge in [0.1, 0.15) is 0 Å². The van der Waals surface area contributed by atoms with Crippen molar-refractivity contribution in [3.05, 3.63) is 41.5 Å². The average Bonchev–Trinajstić information content (AvgIpc) is 2.30. The van der Waals surface area contributed by atoms with Crippen LogP contribution in [0.4, 0.5) is 0 Å². The van der Waals surface area contributed by atoms with E-state index in [0.29, 0.717) is 0 Å². The van der Waals surface area contributed by atoms with E-state index in [2.05, 4.69) is 46.3 Å². The molecule has 0 atom stereocenters. The van der Waals surface area contributed by atoms with E-state index < -0.39 is 0 Å². The summed E-state index contributed by atoms with van der Waals surface area (Å²) in [4.78, 5) is 0. The summed E-state index contributed by atoms with van der Waals surface area (Å²) >= 11 is 3.73. The van der Waals surface area contributed by atoms with E-state index in [-0.39, 0.29) is 0 Å². The second-order valence-electron chi connectivity index (χ2n) is 3.84. The molecule has 1 fully saturated rings. The first-order valence-electron chi connectivity index (χ1n) is 5.31. The Bertz CT molecular complexity index is 316. The smallest absolute Gasteiger partial charge is 0.0239 e. The highest BCUT2D eigenvalue weighted by Crippen LogP contribution is 2.33. The van der Waals surface area contributed by atoms with E-state index in [0.717, 1.165) is 0 Å². The summed E-state index contributed by atoms with van der Waals surface area (Å²) in [7, 11) is 0. The molecule has 0 aliphatic heterocycles. The maximum absolute atomic E-state index is 3.73. The summed E-state index contributed by atoms with van der Waals surface area (Å²) in [6.45, 7) is 0. The Kier molecular flexibility index (Phi) is 3.41. The maximum atomic E-state index is 3.73. The first-order chi connectivity index (χ1) is 6.88. The maximum Gasteiger partial charge on any atom is 0.0239 e. The molecule has 0 amide bonds. The number of benzene rings is 1. The van der Waals surface area contributed by atoms with Gasteiger partial charge in [-0.25, -0.2) is 0 Å². The summed E-state index contributed by atoms with van der Waals surface area (Å²) in [5.74, 6) is 0. The van der Waals surface area contributed by atoms with Crippen molar-refractivity contribution in [2.45, 2.75) is 32.1 Å². The van der Waals surface area contributed by atoms with Crippen molar-refractivity contribution in [2.24, 2.45) is 0 Å². The molecule has 0 unspecified atom stereocenters. The highest BCUT2D eigenvalue weighted by Gasteiger charge is 2.10. The fourth-order valence-corrected chi connectivity index (χ4v) is 2.65. The van der Waals surface area contributed by atoms with Crippen LogP contribution in [0.1, 0.15) is 37.7 Å². The van der Waals surface area contributed by atoms with Gasteiger partial charge in [-0.15, -0.1) is 0 Å². The molecule has 0 heterocycles. The molecule has 0 nitrogen and oxygen atoms in total. The first-order valence-corrected chi connectivity index (χ1v) is 6.10. The number of hydrogen-bond donors (Lipinski definition) is 0. The van der Waals surface area contributed by atoms with Crippen molar-refractivity contribution in [3.8, 4) is 0 Å². The first kappa shape index (κ1) is 9.97. The molecule has 0 spiro atoms. The zero-order chi connectivity index (χ0) is 9.80. The Morgan fingerprint density at radius 3 is 2.21 bits per heavy atom. The Morgan fingerprint density at radius 2 is 1.57 bits per heavy atom. The lowest BCUT2D eigenvalue weighted by Gasteiger charge is -2.16. The molecule has 0 N–H and O–H groups in total. The summed E-state index contributed by atoms with van der Waals surface area (Å²) in [5, 5.41) is 0. The molecule has 14 heavy (non-hydrogen) atoms. The third-order valence-corrected chi connectivity index (χ3v) is 3.81. The van der Waals surface area contributed by atoms with Crippen LogP contribution in [-0.4, -0.2) is 0 Å². The van der Waals surface area contributed by atoms with Crippen LogP contribution in [0.2, 0.25) is 0 Å². The molecule has 0 bridgehead atoms. The zero-order valence-electron chi connectivity index (χ0n) is 8.30. The van der Waals surface area contributed by atoms with Crippen LogP contribution in [0, 0.1) is 0 Å². The van der Waals surface area contributed by atoms with Gasteiger partial charge in [0.2, 0.25) is 0 Å². The van der Waals surface area contributed by atoms with Gasteiger partial charge in [0.05, 0.1) is 0 Å². The van der Waals surface area contributed by atoms with Crippen LogP contribution >= 0.6 is 15.9 Å². The molecule has 1 aliphatic carbocycles. The van der Waals surface area contributed by atoms with Crippen molar-refractivity contribution in [1.82, 2.24) is 0 Å². The topological polar surface area (TPSA) is 0 Å². The quantitative estimate of drug-likeness (QED) is 0.675. The van der Waals surface area contributed by atoms with Crippen LogP contribution in [0.15, 0.2) is 35.9 Å². The summed E-state index contributed by atoms with van der Waals surface area (Å²) in [5.41, 5.74) is 2.92. The van der Waals surface area contributed by atoms with Crippen LogP contribution in [0.3, 0.4) is 0 Å². The van der Waals surface area contributed by atoms with Gasteiger partial charge >= 0.3 is 0 Å². The molecule has 0 radical (unpaired) electrons. The number of hydrogen-bond acceptors (Lipinski definition) is 0. The van der Waals surface area contributed by atoms with Crippen LogP contribution in [0.25, 0.3) is 4.48 Å². The summed E-state index contributed by atoms with van der Waals surface area (Å²) in [6, 6.07) is 10.6. The Balaban J connectivity index is 2.25. The van der Waals surface area contributed by atoms with Crippen LogP contribution in [0.5, 0.6) is 0 Å². The SMILES string of the molecule is BrC(=C1CCCCC1)c1ccccc1. The minimum absolute atomic E-state index is 1.27. The van der Waals surface area contributed by atoms with Gasteiger partial charge in [-0.2, -0.15) is 0 Å². The molecule has 1 aromatic rings. The van der Waals surface area contributed by atoms with E-state index in [1.165, 1.54) is 42.1 Å². The lowest BCUT2D eigenvalue weighted by Crippen LogP contribution is -1.95. The van der Waals surface area contributed by atoms with E-state index in [4.69, 9.17) is 0 Å². The van der Waals surface area contributed by atoms with Gasteiger partial charge in [-0.3, -0.25) is 0 Å². The minimum Gasteiger partial charge on any atom is -0.0622 e. The molecule has 1 aliphatic rings. The van der Waals surface area contributed by atoms with Crippen molar-refractivity contribution in [3.63, 3.8) is 0 Å². The summed E-state index contributed by atoms with van der Waals surface area (Å²) in [6.07, 6.45) is 6.66. The predicted molar refractivity (Wildman–Crippen MR) is 65.4 cm³/mol. The fourth-order valence-electron chi connectivity index (χ4n) is 1.99. The van der Waals surface area contributed by atoms with E-state index >= 15 is 0 Å². The number of allylic oxidation sites excluding steroid dienone is 1. The van der Waals surface area contributed by atoms with Gasteiger partial charge in [-0.1, -0.05) is 58.3 Å². The monoisotopic (exact) mass is 250 g/mol. The molecule has 1 heteroatoms. The Morgan fingerprint density at radius 1 is 0.929 bits per heavy atom. The van der Waals surface area contributed by atoms with E-state index in [1.807, 2.05) is 0 Å². The van der Waals surface area contributed by atoms with Crippen LogP contribution < -0.4 is 0 Å². The van der Waals surface area contributed by atoms with E-state index in [9.17, 15) is 0 Å².